The smallest absolute Gasteiger partial charge is 0.312 e. The molecule has 2 amide bonds. The molecule has 5 rings (SSSR count). The molecule has 1 aromatic carbocycles. The fourth-order valence-corrected chi connectivity index (χ4v) is 5.98. The predicted octanol–water partition coefficient (Wildman–Crippen LogP) is 2.27. The molecule has 4 fully saturated rings. The van der Waals surface area contributed by atoms with Crippen LogP contribution in [0.4, 0.5) is 5.69 Å². The van der Waals surface area contributed by atoms with E-state index in [0.29, 0.717) is 23.9 Å². The number of aryl methyl sites for hydroxylation is 1. The van der Waals surface area contributed by atoms with Gasteiger partial charge >= 0.3 is 5.97 Å². The van der Waals surface area contributed by atoms with Crippen molar-refractivity contribution in [1.82, 2.24) is 4.90 Å². The number of amides is 2. The molecular weight excluding hydrogens is 384 g/mol. The zero-order valence-corrected chi connectivity index (χ0v) is 17.6. The molecule has 1 aromatic rings. The van der Waals surface area contributed by atoms with Crippen molar-refractivity contribution in [3.8, 4) is 0 Å². The van der Waals surface area contributed by atoms with Crippen LogP contribution < -0.4 is 5.32 Å². The number of esters is 1. The number of carbonyl (C=O) groups excluding carboxylic acids is 3. The highest BCUT2D eigenvalue weighted by Crippen LogP contribution is 2.61. The number of nitrogens with one attached hydrogen (secondary N) is 1. The van der Waals surface area contributed by atoms with Gasteiger partial charge in [-0.2, -0.15) is 0 Å². The van der Waals surface area contributed by atoms with Crippen LogP contribution in [0.5, 0.6) is 0 Å². The molecule has 4 aliphatic rings. The van der Waals surface area contributed by atoms with Gasteiger partial charge in [-0.05, 0) is 69.4 Å². The quantitative estimate of drug-likeness (QED) is 0.696. The third kappa shape index (κ3) is 4.21. The van der Waals surface area contributed by atoms with Crippen molar-refractivity contribution in [1.29, 1.82) is 0 Å². The zero-order valence-electron chi connectivity index (χ0n) is 17.6. The van der Waals surface area contributed by atoms with Gasteiger partial charge in [0.05, 0.1) is 17.6 Å². The molecule has 7 nitrogen and oxygen atoms in total. The minimum Gasteiger partial charge on any atom is -0.455 e. The lowest BCUT2D eigenvalue weighted by atomic mass is 9.48. The van der Waals surface area contributed by atoms with Crippen molar-refractivity contribution < 1.29 is 24.2 Å². The molecule has 4 atom stereocenters. The summed E-state index contributed by atoms with van der Waals surface area (Å²) in [6, 6.07) is 7.39. The van der Waals surface area contributed by atoms with E-state index in [2.05, 4.69) is 5.32 Å². The van der Waals surface area contributed by atoms with Crippen molar-refractivity contribution in [2.75, 3.05) is 25.5 Å². The van der Waals surface area contributed by atoms with Gasteiger partial charge in [0.15, 0.2) is 6.61 Å². The molecule has 4 bridgehead atoms. The summed E-state index contributed by atoms with van der Waals surface area (Å²) in [4.78, 5) is 38.7. The number of aliphatic hydroxyl groups is 1. The number of ether oxygens (including phenoxy) is 1. The number of nitrogens with zero attached hydrogens (tertiary/aromatic N) is 1. The first-order valence-corrected chi connectivity index (χ1v) is 10.7. The molecule has 4 saturated carbocycles. The molecule has 4 aliphatic carbocycles. The van der Waals surface area contributed by atoms with Gasteiger partial charge in [-0.1, -0.05) is 17.7 Å². The lowest BCUT2D eigenvalue weighted by Crippen LogP contribution is -2.58. The van der Waals surface area contributed by atoms with Crippen LogP contribution in [0.25, 0.3) is 0 Å². The normalized spacial score (nSPS) is 31.3. The summed E-state index contributed by atoms with van der Waals surface area (Å²) in [5, 5.41) is 13.5. The Hall–Kier alpha value is -2.41. The summed E-state index contributed by atoms with van der Waals surface area (Å²) < 4.78 is 5.39. The molecule has 2 unspecified atom stereocenters. The summed E-state index contributed by atoms with van der Waals surface area (Å²) in [6.45, 7) is 1.45. The van der Waals surface area contributed by atoms with E-state index in [4.69, 9.17) is 4.74 Å². The Morgan fingerprint density at radius 3 is 2.37 bits per heavy atom. The van der Waals surface area contributed by atoms with Crippen molar-refractivity contribution in [2.24, 2.45) is 17.3 Å². The number of likely N-dealkylation sites (N-methyl/N-ethyl adjacent to an activating group) is 1. The highest BCUT2D eigenvalue weighted by Gasteiger charge is 2.60. The Kier molecular flexibility index (Phi) is 5.34. The average molecular weight is 415 g/mol. The lowest BCUT2D eigenvalue weighted by Gasteiger charge is -2.58. The summed E-state index contributed by atoms with van der Waals surface area (Å²) >= 11 is 0. The molecule has 0 spiro atoms. The molecule has 30 heavy (non-hydrogen) atoms. The molecule has 0 heterocycles. The molecule has 0 radical (unpaired) electrons. The van der Waals surface area contributed by atoms with Gasteiger partial charge in [-0.25, -0.2) is 0 Å². The Morgan fingerprint density at radius 1 is 1.13 bits per heavy atom. The highest BCUT2D eigenvalue weighted by atomic mass is 16.5. The Labute approximate surface area is 176 Å². The van der Waals surface area contributed by atoms with Crippen molar-refractivity contribution >= 4 is 23.5 Å². The van der Waals surface area contributed by atoms with Crippen LogP contribution in [-0.4, -0.2) is 53.6 Å². The standard InChI is InChI=1S/C23H30N2O5/c1-15-3-5-18(6-4-15)24-19(26)12-25(2)20(27)13-30-21(28)22-8-16-7-17(9-22)11-23(29,10-16)14-22/h3-6,16-17,29H,7-14H2,1-2H3,(H,24,26)/t16-,17+,22?,23?. The first-order valence-electron chi connectivity index (χ1n) is 10.7. The fraction of sp³-hybridized carbons (Fsp3) is 0.609. The van der Waals surface area contributed by atoms with E-state index in [-0.39, 0.29) is 25.0 Å². The van der Waals surface area contributed by atoms with Gasteiger partial charge in [0.25, 0.3) is 5.91 Å². The predicted molar refractivity (Wildman–Crippen MR) is 110 cm³/mol. The number of hydrogen-bond acceptors (Lipinski definition) is 5. The van der Waals surface area contributed by atoms with E-state index in [9.17, 15) is 19.5 Å². The minimum absolute atomic E-state index is 0.126. The maximum atomic E-state index is 12.9. The van der Waals surface area contributed by atoms with Crippen molar-refractivity contribution in [3.63, 3.8) is 0 Å². The molecule has 0 saturated heterocycles. The number of carbonyl (C=O) groups is 3. The molecule has 0 aliphatic heterocycles. The first-order chi connectivity index (χ1) is 14.2. The molecule has 162 valence electrons. The number of anilines is 1. The van der Waals surface area contributed by atoms with E-state index in [1.807, 2.05) is 19.1 Å². The van der Waals surface area contributed by atoms with Gasteiger partial charge in [0.1, 0.15) is 0 Å². The largest absolute Gasteiger partial charge is 0.455 e. The van der Waals surface area contributed by atoms with Crippen molar-refractivity contribution in [2.45, 2.75) is 51.0 Å². The molecule has 7 heteroatoms. The molecular formula is C23H30N2O5. The monoisotopic (exact) mass is 414 g/mol. The van der Waals surface area contributed by atoms with E-state index >= 15 is 0 Å². The molecule has 0 aromatic heterocycles. The van der Waals surface area contributed by atoms with E-state index in [1.54, 1.807) is 12.1 Å². The topological polar surface area (TPSA) is 95.9 Å². The summed E-state index contributed by atoms with van der Waals surface area (Å²) in [5.41, 5.74) is 0.351. The highest BCUT2D eigenvalue weighted by molar-refractivity contribution is 5.94. The van der Waals surface area contributed by atoms with E-state index < -0.39 is 16.9 Å². The Morgan fingerprint density at radius 2 is 1.77 bits per heavy atom. The van der Waals surface area contributed by atoms with Gasteiger partial charge in [-0.15, -0.1) is 0 Å². The SMILES string of the molecule is Cc1ccc(NC(=O)CN(C)C(=O)COC(=O)C23C[C@@H]4C[C@@H](CC(O)(C4)C2)C3)cc1. The van der Waals surface area contributed by atoms with Gasteiger partial charge < -0.3 is 20.1 Å². The van der Waals surface area contributed by atoms with Crippen molar-refractivity contribution in [3.05, 3.63) is 29.8 Å². The second-order valence-corrected chi connectivity index (χ2v) is 9.71. The van der Waals surface area contributed by atoms with E-state index in [0.717, 1.165) is 37.7 Å². The average Bonchev–Trinajstić information content (AvgIpc) is 2.65. The fourth-order valence-electron chi connectivity index (χ4n) is 5.98. The Balaban J connectivity index is 1.27. The third-order valence-corrected chi connectivity index (χ3v) is 6.93. The second-order valence-electron chi connectivity index (χ2n) is 9.71. The Bertz CT molecular complexity index is 836. The van der Waals surface area contributed by atoms with Crippen LogP contribution in [-0.2, 0) is 19.1 Å². The number of rotatable bonds is 6. The summed E-state index contributed by atoms with van der Waals surface area (Å²) in [5.74, 6) is -0.378. The van der Waals surface area contributed by atoms with Crippen LogP contribution >= 0.6 is 0 Å². The van der Waals surface area contributed by atoms with Crippen LogP contribution in [0.2, 0.25) is 0 Å². The number of benzene rings is 1. The second kappa shape index (κ2) is 7.69. The molecule has 2 N–H and O–H groups in total. The van der Waals surface area contributed by atoms with Gasteiger partial charge in [-0.3, -0.25) is 14.4 Å². The first kappa shape index (κ1) is 20.8. The van der Waals surface area contributed by atoms with Crippen LogP contribution in [0.3, 0.4) is 0 Å². The zero-order chi connectivity index (χ0) is 21.5. The maximum absolute atomic E-state index is 12.9. The van der Waals surface area contributed by atoms with Gasteiger partial charge in [0.2, 0.25) is 5.91 Å². The summed E-state index contributed by atoms with van der Waals surface area (Å²) in [6.07, 6.45) is 4.55. The van der Waals surface area contributed by atoms with Crippen LogP contribution in [0.1, 0.15) is 44.1 Å². The van der Waals surface area contributed by atoms with Gasteiger partial charge in [0, 0.05) is 12.7 Å². The van der Waals surface area contributed by atoms with Crippen LogP contribution in [0, 0.1) is 24.2 Å². The lowest BCUT2D eigenvalue weighted by molar-refractivity contribution is -0.196. The summed E-state index contributed by atoms with van der Waals surface area (Å²) in [7, 11) is 1.51. The number of hydrogen-bond donors (Lipinski definition) is 2. The minimum atomic E-state index is -0.752. The third-order valence-electron chi connectivity index (χ3n) is 6.93. The van der Waals surface area contributed by atoms with Crippen LogP contribution in [0.15, 0.2) is 24.3 Å². The van der Waals surface area contributed by atoms with E-state index in [1.165, 1.54) is 11.9 Å². The maximum Gasteiger partial charge on any atom is 0.312 e.